The van der Waals surface area contributed by atoms with E-state index in [9.17, 15) is 4.79 Å². The Labute approximate surface area is 163 Å². The van der Waals surface area contributed by atoms with Gasteiger partial charge in [0.25, 0.3) is 0 Å². The average Bonchev–Trinajstić information content (AvgIpc) is 3.24. The first-order valence-electron chi connectivity index (χ1n) is 9.16. The van der Waals surface area contributed by atoms with Gasteiger partial charge in [-0.05, 0) is 44.7 Å². The number of nitrogens with zero attached hydrogens (tertiary/aromatic N) is 5. The Balaban J connectivity index is 1.52. The second-order valence-electron chi connectivity index (χ2n) is 7.55. The minimum Gasteiger partial charge on any atom is -0.444 e. The molecule has 3 rings (SSSR count). The summed E-state index contributed by atoms with van der Waals surface area (Å²) in [7, 11) is 0. The van der Waals surface area contributed by atoms with Crippen molar-refractivity contribution in [1.82, 2.24) is 24.9 Å². The molecule has 0 fully saturated rings. The summed E-state index contributed by atoms with van der Waals surface area (Å²) in [5.41, 5.74) is 1.97. The van der Waals surface area contributed by atoms with E-state index in [1.807, 2.05) is 57.4 Å². The maximum Gasteiger partial charge on any atom is 0.407 e. The van der Waals surface area contributed by atoms with Crippen molar-refractivity contribution in [2.24, 2.45) is 0 Å². The molecule has 0 atom stereocenters. The molecule has 0 saturated heterocycles. The van der Waals surface area contributed by atoms with E-state index < -0.39 is 11.7 Å². The summed E-state index contributed by atoms with van der Waals surface area (Å²) in [4.78, 5) is 15.1. The van der Waals surface area contributed by atoms with Crippen LogP contribution in [0.4, 0.5) is 10.5 Å². The zero-order valence-corrected chi connectivity index (χ0v) is 16.3. The number of benzene rings is 1. The number of ether oxygens (including phenoxy) is 1. The van der Waals surface area contributed by atoms with E-state index in [0.717, 1.165) is 23.0 Å². The molecule has 0 saturated carbocycles. The third kappa shape index (κ3) is 5.10. The molecule has 0 aliphatic carbocycles. The summed E-state index contributed by atoms with van der Waals surface area (Å²) >= 11 is 0. The van der Waals surface area contributed by atoms with Gasteiger partial charge in [0.1, 0.15) is 11.3 Å². The van der Waals surface area contributed by atoms with Crippen LogP contribution in [-0.2, 0) is 17.8 Å². The van der Waals surface area contributed by atoms with Gasteiger partial charge in [-0.1, -0.05) is 17.3 Å². The Bertz CT molecular complexity index is 1010. The zero-order valence-electron chi connectivity index (χ0n) is 16.3. The highest BCUT2D eigenvalue weighted by Crippen LogP contribution is 2.22. The summed E-state index contributed by atoms with van der Waals surface area (Å²) in [6, 6.07) is 7.68. The monoisotopic (exact) mass is 380 g/mol. The number of alkyl carbamates (subject to hydrolysis) is 1. The summed E-state index contributed by atoms with van der Waals surface area (Å²) in [6.45, 7) is 14.4. The van der Waals surface area contributed by atoms with E-state index in [2.05, 4.69) is 25.0 Å². The Morgan fingerprint density at radius 3 is 2.89 bits per heavy atom. The predicted molar refractivity (Wildman–Crippen MR) is 106 cm³/mol. The van der Waals surface area contributed by atoms with Crippen molar-refractivity contribution in [2.75, 3.05) is 6.54 Å². The molecule has 28 heavy (non-hydrogen) atoms. The molecular formula is C20H24N6O2. The van der Waals surface area contributed by atoms with Crippen LogP contribution in [0.3, 0.4) is 0 Å². The smallest absolute Gasteiger partial charge is 0.407 e. The van der Waals surface area contributed by atoms with E-state index >= 15 is 0 Å². The number of hydrogen-bond donors (Lipinski definition) is 1. The molecule has 8 nitrogen and oxygen atoms in total. The Hall–Kier alpha value is -3.34. The maximum absolute atomic E-state index is 11.6. The molecule has 1 amide bonds. The standard InChI is InChI=1S/C20H24N6O2/c1-20(2,3)28-19(27)22-9-5-10-26-14-17(23-24-26)13-25-11-8-15-6-7-16(21-4)12-18(15)25/h6-8,11-12,14H,5,9-10,13H2,1-3H3,(H,22,27). The molecular weight excluding hydrogens is 356 g/mol. The predicted octanol–water partition coefficient (Wildman–Crippen LogP) is 3.75. The highest BCUT2D eigenvalue weighted by Gasteiger charge is 2.15. The third-order valence-corrected chi connectivity index (χ3v) is 4.04. The highest BCUT2D eigenvalue weighted by atomic mass is 16.6. The Morgan fingerprint density at radius 2 is 2.14 bits per heavy atom. The van der Waals surface area contributed by atoms with Crippen LogP contribution in [0.1, 0.15) is 32.9 Å². The van der Waals surface area contributed by atoms with E-state index in [1.165, 1.54) is 0 Å². The molecule has 8 heteroatoms. The van der Waals surface area contributed by atoms with E-state index in [1.54, 1.807) is 4.68 Å². The van der Waals surface area contributed by atoms with Crippen LogP contribution in [0.5, 0.6) is 0 Å². The number of amides is 1. The molecule has 0 aliphatic rings. The fourth-order valence-electron chi connectivity index (χ4n) is 2.82. The summed E-state index contributed by atoms with van der Waals surface area (Å²) in [6.07, 6.45) is 4.20. The van der Waals surface area contributed by atoms with Gasteiger partial charge in [-0.2, -0.15) is 0 Å². The topological polar surface area (TPSA) is 78.3 Å². The number of fused-ring (bicyclic) bond motifs is 1. The van der Waals surface area contributed by atoms with Crippen molar-refractivity contribution < 1.29 is 9.53 Å². The van der Waals surface area contributed by atoms with Gasteiger partial charge in [-0.25, -0.2) is 9.64 Å². The molecule has 0 aliphatic heterocycles. The lowest BCUT2D eigenvalue weighted by molar-refractivity contribution is 0.0526. The maximum atomic E-state index is 11.6. The highest BCUT2D eigenvalue weighted by molar-refractivity contribution is 5.83. The van der Waals surface area contributed by atoms with Gasteiger partial charge < -0.3 is 14.6 Å². The molecule has 1 aromatic carbocycles. The number of nitrogens with one attached hydrogen (secondary N) is 1. The van der Waals surface area contributed by atoms with Crippen molar-refractivity contribution in [2.45, 2.75) is 45.9 Å². The molecule has 0 bridgehead atoms. The van der Waals surface area contributed by atoms with Crippen LogP contribution in [0.15, 0.2) is 36.7 Å². The largest absolute Gasteiger partial charge is 0.444 e. The van der Waals surface area contributed by atoms with Gasteiger partial charge in [0.05, 0.1) is 19.3 Å². The molecule has 2 aromatic heterocycles. The van der Waals surface area contributed by atoms with Crippen LogP contribution in [0.2, 0.25) is 0 Å². The first-order valence-corrected chi connectivity index (χ1v) is 9.16. The Morgan fingerprint density at radius 1 is 1.32 bits per heavy atom. The van der Waals surface area contributed by atoms with Gasteiger partial charge in [-0.3, -0.25) is 4.68 Å². The van der Waals surface area contributed by atoms with E-state index in [0.29, 0.717) is 25.3 Å². The first-order chi connectivity index (χ1) is 13.3. The lowest BCUT2D eigenvalue weighted by Gasteiger charge is -2.19. The molecule has 0 unspecified atom stereocenters. The van der Waals surface area contributed by atoms with E-state index in [4.69, 9.17) is 11.3 Å². The van der Waals surface area contributed by atoms with Gasteiger partial charge in [-0.15, -0.1) is 5.10 Å². The van der Waals surface area contributed by atoms with Crippen LogP contribution in [0, 0.1) is 6.57 Å². The third-order valence-electron chi connectivity index (χ3n) is 4.04. The van der Waals surface area contributed by atoms with Crippen LogP contribution < -0.4 is 5.32 Å². The molecule has 1 N–H and O–H groups in total. The molecule has 2 heterocycles. The van der Waals surface area contributed by atoms with Crippen molar-refractivity contribution in [3.8, 4) is 0 Å². The number of aryl methyl sites for hydroxylation is 1. The number of aromatic nitrogens is 4. The number of carbonyl (C=O) groups excluding carboxylic acids is 1. The summed E-state index contributed by atoms with van der Waals surface area (Å²) in [5.74, 6) is 0. The molecule has 0 radical (unpaired) electrons. The minimum absolute atomic E-state index is 0.412. The van der Waals surface area contributed by atoms with Crippen LogP contribution in [0.25, 0.3) is 15.7 Å². The van der Waals surface area contributed by atoms with Gasteiger partial charge >= 0.3 is 6.09 Å². The number of hydrogen-bond acceptors (Lipinski definition) is 4. The van der Waals surface area contributed by atoms with Crippen molar-refractivity contribution in [3.63, 3.8) is 0 Å². The lowest BCUT2D eigenvalue weighted by Crippen LogP contribution is -2.33. The van der Waals surface area contributed by atoms with Gasteiger partial charge in [0, 0.05) is 24.8 Å². The van der Waals surface area contributed by atoms with Crippen LogP contribution in [-0.4, -0.2) is 37.8 Å². The average molecular weight is 380 g/mol. The summed E-state index contributed by atoms with van der Waals surface area (Å²) < 4.78 is 9.02. The lowest BCUT2D eigenvalue weighted by atomic mass is 10.2. The SMILES string of the molecule is [C-]#[N+]c1ccc2ccn(Cc3cn(CCCNC(=O)OC(C)(C)C)nn3)c2c1. The second kappa shape index (κ2) is 8.13. The van der Waals surface area contributed by atoms with Crippen molar-refractivity contribution in [3.05, 3.63) is 53.8 Å². The van der Waals surface area contributed by atoms with Crippen molar-refractivity contribution >= 4 is 22.7 Å². The van der Waals surface area contributed by atoms with Crippen molar-refractivity contribution in [1.29, 1.82) is 0 Å². The van der Waals surface area contributed by atoms with Gasteiger partial charge in [0.2, 0.25) is 0 Å². The summed E-state index contributed by atoms with van der Waals surface area (Å²) in [5, 5.41) is 12.2. The van der Waals surface area contributed by atoms with Crippen LogP contribution >= 0.6 is 0 Å². The molecule has 3 aromatic rings. The normalized spacial score (nSPS) is 11.4. The molecule has 0 spiro atoms. The fraction of sp³-hybridized carbons (Fsp3) is 0.400. The Kier molecular flexibility index (Phi) is 5.64. The number of rotatable bonds is 6. The fourth-order valence-corrected chi connectivity index (χ4v) is 2.82. The number of carbonyl (C=O) groups is 1. The first kappa shape index (κ1) is 19.4. The quantitative estimate of drug-likeness (QED) is 0.522. The molecule has 146 valence electrons. The van der Waals surface area contributed by atoms with Gasteiger partial charge in [0.15, 0.2) is 5.69 Å². The second-order valence-corrected chi connectivity index (χ2v) is 7.55. The zero-order chi connectivity index (χ0) is 20.1. The minimum atomic E-state index is -0.497. The van der Waals surface area contributed by atoms with E-state index in [-0.39, 0.29) is 0 Å².